The summed E-state index contributed by atoms with van der Waals surface area (Å²) in [5.41, 5.74) is 5.78. The molecule has 0 heterocycles. The van der Waals surface area contributed by atoms with Gasteiger partial charge in [0.2, 0.25) is 5.91 Å². The zero-order valence-electron chi connectivity index (χ0n) is 11.0. The summed E-state index contributed by atoms with van der Waals surface area (Å²) in [5, 5.41) is 2.29. The van der Waals surface area contributed by atoms with Gasteiger partial charge in [0.05, 0.1) is 19.0 Å². The lowest BCUT2D eigenvalue weighted by Gasteiger charge is -2.19. The fourth-order valence-electron chi connectivity index (χ4n) is 1.83. The Morgan fingerprint density at radius 2 is 2.00 bits per heavy atom. The number of nitrogens with one attached hydrogen (secondary N) is 1. The van der Waals surface area contributed by atoms with Gasteiger partial charge in [-0.1, -0.05) is 43.7 Å². The maximum Gasteiger partial charge on any atom is 0.277 e. The van der Waals surface area contributed by atoms with Gasteiger partial charge in [-0.3, -0.25) is 4.79 Å². The van der Waals surface area contributed by atoms with Gasteiger partial charge >= 0.3 is 0 Å². The van der Waals surface area contributed by atoms with Crippen molar-refractivity contribution in [3.05, 3.63) is 35.9 Å². The fourth-order valence-corrected chi connectivity index (χ4v) is 1.83. The summed E-state index contributed by atoms with van der Waals surface area (Å²) < 4.78 is 26.1. The van der Waals surface area contributed by atoms with Crippen molar-refractivity contribution in [3.8, 4) is 0 Å². The third kappa shape index (κ3) is 4.95. The smallest absolute Gasteiger partial charge is 0.277 e. The minimum atomic E-state index is -3.05. The zero-order chi connectivity index (χ0) is 14.3. The molecule has 1 aromatic carbocycles. The molecule has 0 aromatic heterocycles. The lowest BCUT2D eigenvalue weighted by atomic mass is 9.93. The predicted molar refractivity (Wildman–Crippen MR) is 71.1 cm³/mol. The number of hydrogen-bond acceptors (Lipinski definition) is 2. The number of hydrogen-bond donors (Lipinski definition) is 2. The number of alkyl halides is 2. The largest absolute Gasteiger partial charge is 0.349 e. The highest BCUT2D eigenvalue weighted by Gasteiger charge is 2.29. The highest BCUT2D eigenvalue weighted by Crippen LogP contribution is 2.21. The van der Waals surface area contributed by atoms with Gasteiger partial charge in [0.1, 0.15) is 0 Å². The van der Waals surface area contributed by atoms with E-state index < -0.39 is 19.0 Å². The van der Waals surface area contributed by atoms with Gasteiger partial charge in [-0.15, -0.1) is 0 Å². The van der Waals surface area contributed by atoms with Gasteiger partial charge < -0.3 is 11.1 Å². The van der Waals surface area contributed by atoms with E-state index in [-0.39, 0.29) is 11.8 Å². The second-order valence-electron chi connectivity index (χ2n) is 4.53. The molecule has 1 amide bonds. The van der Waals surface area contributed by atoms with Crippen molar-refractivity contribution >= 4 is 5.91 Å². The average Bonchev–Trinajstić information content (AvgIpc) is 2.43. The van der Waals surface area contributed by atoms with E-state index in [1.54, 1.807) is 0 Å². The van der Waals surface area contributed by atoms with Crippen molar-refractivity contribution in [1.82, 2.24) is 5.32 Å². The van der Waals surface area contributed by atoms with Crippen LogP contribution in [0.15, 0.2) is 30.3 Å². The van der Waals surface area contributed by atoms with Crippen LogP contribution in [0, 0.1) is 0 Å². The van der Waals surface area contributed by atoms with E-state index in [9.17, 15) is 13.6 Å². The third-order valence-corrected chi connectivity index (χ3v) is 2.92. The summed E-state index contributed by atoms with van der Waals surface area (Å²) in [4.78, 5) is 12.0. The van der Waals surface area contributed by atoms with Gasteiger partial charge in [0.15, 0.2) is 0 Å². The first-order valence-electron chi connectivity index (χ1n) is 6.40. The molecule has 1 aromatic rings. The molecule has 0 aliphatic carbocycles. The molecule has 3 N–H and O–H groups in total. The Morgan fingerprint density at radius 3 is 2.53 bits per heavy atom. The van der Waals surface area contributed by atoms with Gasteiger partial charge in [-0.2, -0.15) is 0 Å². The van der Waals surface area contributed by atoms with E-state index in [4.69, 9.17) is 5.73 Å². The van der Waals surface area contributed by atoms with Gasteiger partial charge in [0.25, 0.3) is 5.92 Å². The Morgan fingerprint density at radius 1 is 1.37 bits per heavy atom. The van der Waals surface area contributed by atoms with Crippen LogP contribution < -0.4 is 11.1 Å². The van der Waals surface area contributed by atoms with Crippen LogP contribution in [0.25, 0.3) is 0 Å². The summed E-state index contributed by atoms with van der Waals surface area (Å²) in [6, 6.07) is 9.19. The number of nitrogens with two attached hydrogens (primary N) is 1. The molecule has 5 heteroatoms. The van der Waals surface area contributed by atoms with Gasteiger partial charge in [-0.25, -0.2) is 8.78 Å². The highest BCUT2D eigenvalue weighted by molar-refractivity contribution is 5.83. The molecule has 0 saturated carbocycles. The van der Waals surface area contributed by atoms with Crippen molar-refractivity contribution < 1.29 is 13.6 Å². The Hall–Kier alpha value is -1.49. The van der Waals surface area contributed by atoms with E-state index in [0.717, 1.165) is 12.0 Å². The maximum absolute atomic E-state index is 13.0. The Kier molecular flexibility index (Phi) is 5.89. The fraction of sp³-hybridized carbons (Fsp3) is 0.500. The van der Waals surface area contributed by atoms with Crippen LogP contribution >= 0.6 is 0 Å². The summed E-state index contributed by atoms with van der Waals surface area (Å²) in [7, 11) is 0. The highest BCUT2D eigenvalue weighted by atomic mass is 19.3. The van der Waals surface area contributed by atoms with Gasteiger partial charge in [-0.05, 0) is 12.0 Å². The number of halogens is 2. The minimum absolute atomic E-state index is 0.374. The molecule has 0 aliphatic heterocycles. The molecule has 19 heavy (non-hydrogen) atoms. The molecule has 0 saturated heterocycles. The molecule has 1 atom stereocenters. The molecular formula is C14H20F2N2O. The first-order chi connectivity index (χ1) is 9.00. The predicted octanol–water partition coefficient (Wildman–Crippen LogP) is 2.28. The lowest BCUT2D eigenvalue weighted by molar-refractivity contribution is -0.124. The SMILES string of the molecule is CCCC(C(=O)NCC(F)(F)CN)c1ccccc1. The van der Waals surface area contributed by atoms with E-state index in [1.165, 1.54) is 0 Å². The molecule has 0 radical (unpaired) electrons. The van der Waals surface area contributed by atoms with Crippen molar-refractivity contribution in [3.63, 3.8) is 0 Å². The monoisotopic (exact) mass is 270 g/mol. The van der Waals surface area contributed by atoms with Crippen LogP contribution in [0.2, 0.25) is 0 Å². The first kappa shape index (κ1) is 15.6. The zero-order valence-corrected chi connectivity index (χ0v) is 11.0. The summed E-state index contributed by atoms with van der Waals surface area (Å²) in [6.45, 7) is 0.476. The van der Waals surface area contributed by atoms with Crippen LogP contribution in [0.5, 0.6) is 0 Å². The summed E-state index contributed by atoms with van der Waals surface area (Å²) in [6.07, 6.45) is 1.43. The number of amides is 1. The molecule has 0 spiro atoms. The van der Waals surface area contributed by atoms with E-state index >= 15 is 0 Å². The van der Waals surface area contributed by atoms with Crippen LogP contribution in [0.4, 0.5) is 8.78 Å². The molecule has 3 nitrogen and oxygen atoms in total. The molecule has 1 rings (SSSR count). The average molecular weight is 270 g/mol. The number of carbonyl (C=O) groups is 1. The molecule has 0 aliphatic rings. The Balaban J connectivity index is 2.69. The number of benzene rings is 1. The van der Waals surface area contributed by atoms with Crippen LogP contribution in [0.3, 0.4) is 0 Å². The summed E-state index contributed by atoms with van der Waals surface area (Å²) in [5.74, 6) is -3.82. The third-order valence-electron chi connectivity index (χ3n) is 2.92. The Bertz CT molecular complexity index is 396. The first-order valence-corrected chi connectivity index (χ1v) is 6.40. The molecular weight excluding hydrogens is 250 g/mol. The van der Waals surface area contributed by atoms with Gasteiger partial charge in [0, 0.05) is 0 Å². The molecule has 0 bridgehead atoms. The van der Waals surface area contributed by atoms with Crippen molar-refractivity contribution in [2.45, 2.75) is 31.6 Å². The molecule has 0 fully saturated rings. The summed E-state index contributed by atoms with van der Waals surface area (Å²) >= 11 is 0. The standard InChI is InChI=1S/C14H20F2N2O/c1-2-6-12(11-7-4-3-5-8-11)13(19)18-10-14(15,16)9-17/h3-5,7-8,12H,2,6,9-10,17H2,1H3,(H,18,19). The van der Waals surface area contributed by atoms with E-state index in [1.807, 2.05) is 37.3 Å². The second kappa shape index (κ2) is 7.19. The van der Waals surface area contributed by atoms with Crippen LogP contribution in [-0.4, -0.2) is 24.9 Å². The number of carbonyl (C=O) groups excluding carboxylic acids is 1. The topological polar surface area (TPSA) is 55.1 Å². The van der Waals surface area contributed by atoms with E-state index in [0.29, 0.717) is 6.42 Å². The maximum atomic E-state index is 13.0. The lowest BCUT2D eigenvalue weighted by Crippen LogP contribution is -2.43. The number of rotatable bonds is 7. The minimum Gasteiger partial charge on any atom is -0.349 e. The Labute approximate surface area is 112 Å². The van der Waals surface area contributed by atoms with Crippen LogP contribution in [-0.2, 0) is 4.79 Å². The van der Waals surface area contributed by atoms with Crippen LogP contribution in [0.1, 0.15) is 31.2 Å². The molecule has 1 unspecified atom stereocenters. The van der Waals surface area contributed by atoms with E-state index in [2.05, 4.69) is 5.32 Å². The van der Waals surface area contributed by atoms with Crippen molar-refractivity contribution in [1.29, 1.82) is 0 Å². The normalized spacial score (nSPS) is 13.1. The second-order valence-corrected chi connectivity index (χ2v) is 4.53. The van der Waals surface area contributed by atoms with Crippen molar-refractivity contribution in [2.24, 2.45) is 5.73 Å². The molecule has 106 valence electrons. The quantitative estimate of drug-likeness (QED) is 0.798. The van der Waals surface area contributed by atoms with Crippen molar-refractivity contribution in [2.75, 3.05) is 13.1 Å².